The third-order valence-corrected chi connectivity index (χ3v) is 12.4. The molecule has 3 fully saturated rings. The molecule has 12 nitrogen and oxygen atoms in total. The van der Waals surface area contributed by atoms with E-state index in [0.717, 1.165) is 0 Å². The van der Waals surface area contributed by atoms with Gasteiger partial charge in [-0.1, -0.05) is 39.3 Å². The van der Waals surface area contributed by atoms with E-state index < -0.39 is 75.2 Å². The van der Waals surface area contributed by atoms with Crippen LogP contribution in [0, 0.1) is 45.6 Å². The monoisotopic (exact) mass is 815 g/mol. The van der Waals surface area contributed by atoms with E-state index in [2.05, 4.69) is 15.5 Å². The highest BCUT2D eigenvalue weighted by molar-refractivity contribution is 6.31. The zero-order chi connectivity index (χ0) is 41.7. The number of imide groups is 1. The first-order valence-electron chi connectivity index (χ1n) is 19.3. The quantitative estimate of drug-likeness (QED) is 0.139. The van der Waals surface area contributed by atoms with Crippen LogP contribution in [0.4, 0.5) is 14.5 Å². The van der Waals surface area contributed by atoms with E-state index >= 15 is 8.78 Å². The Morgan fingerprint density at radius 3 is 2.22 bits per heavy atom. The lowest BCUT2D eigenvalue weighted by Crippen LogP contribution is -2.74. The van der Waals surface area contributed by atoms with Crippen molar-refractivity contribution in [1.82, 2.24) is 15.5 Å². The van der Waals surface area contributed by atoms with Crippen LogP contribution in [0.15, 0.2) is 48.5 Å². The van der Waals surface area contributed by atoms with Gasteiger partial charge in [0.15, 0.2) is 11.6 Å². The van der Waals surface area contributed by atoms with Gasteiger partial charge in [-0.15, -0.1) is 0 Å². The standard InChI is InChI=1S/C43H44ClF2N5O7/c1-42(2)40(43(3,4)41(42)58-26-7-6-23(22-47)30(44)21-26)49-39(56)35-31(45)18-24(19-32(35)46)51-15-13-50(14-16-51)12-5-17-57-25-8-9-27-29(20-25)37(54)34(36(27)53)28-10-11-33(52)48-38(28)55/h6-9,18-21,28,34,40-41H,5,10-17H2,1-4H3,(H,49,56)(H,48,52,55). The maximum absolute atomic E-state index is 15.5. The number of halogens is 3. The molecule has 2 heterocycles. The summed E-state index contributed by atoms with van der Waals surface area (Å²) in [6, 6.07) is 13.4. The second kappa shape index (κ2) is 15.8. The minimum Gasteiger partial charge on any atom is -0.494 e. The number of hydrogen-bond acceptors (Lipinski definition) is 10. The van der Waals surface area contributed by atoms with Crippen LogP contribution < -0.4 is 25.0 Å². The molecule has 7 rings (SSSR count). The Hall–Kier alpha value is -5.39. The Balaban J connectivity index is 0.882. The number of hydrogen-bond donors (Lipinski definition) is 2. The zero-order valence-corrected chi connectivity index (χ0v) is 33.4. The van der Waals surface area contributed by atoms with Crippen molar-refractivity contribution in [3.05, 3.63) is 87.4 Å². The van der Waals surface area contributed by atoms with Crippen molar-refractivity contribution in [2.24, 2.45) is 22.7 Å². The third-order valence-electron chi connectivity index (χ3n) is 12.1. The number of carbonyl (C=O) groups is 5. The summed E-state index contributed by atoms with van der Waals surface area (Å²) in [6.45, 7) is 10.9. The molecule has 2 atom stereocenters. The smallest absolute Gasteiger partial charge is 0.257 e. The van der Waals surface area contributed by atoms with Crippen LogP contribution in [0.25, 0.3) is 0 Å². The highest BCUT2D eigenvalue weighted by Gasteiger charge is 2.64. The van der Waals surface area contributed by atoms with Crippen molar-refractivity contribution in [3.63, 3.8) is 0 Å². The summed E-state index contributed by atoms with van der Waals surface area (Å²) in [7, 11) is 0. The molecule has 4 aliphatic rings. The van der Waals surface area contributed by atoms with Gasteiger partial charge >= 0.3 is 0 Å². The van der Waals surface area contributed by atoms with Crippen LogP contribution in [0.2, 0.25) is 5.02 Å². The van der Waals surface area contributed by atoms with Crippen LogP contribution in [-0.4, -0.2) is 85.7 Å². The summed E-state index contributed by atoms with van der Waals surface area (Å²) in [5, 5.41) is 14.5. The van der Waals surface area contributed by atoms with Crippen molar-refractivity contribution in [1.29, 1.82) is 5.26 Å². The molecule has 2 aliphatic carbocycles. The number of nitrogens with zero attached hydrogens (tertiary/aromatic N) is 3. The molecule has 3 amide bonds. The number of anilines is 1. The molecule has 2 N–H and O–H groups in total. The Morgan fingerprint density at radius 1 is 0.931 bits per heavy atom. The highest BCUT2D eigenvalue weighted by atomic mass is 35.5. The van der Waals surface area contributed by atoms with Gasteiger partial charge in [0.1, 0.15) is 40.9 Å². The fourth-order valence-corrected chi connectivity index (χ4v) is 9.56. The summed E-state index contributed by atoms with van der Waals surface area (Å²) in [5.74, 6) is -5.74. The van der Waals surface area contributed by atoms with Crippen molar-refractivity contribution < 1.29 is 42.2 Å². The molecular weight excluding hydrogens is 772 g/mol. The van der Waals surface area contributed by atoms with Gasteiger partial charge in [0, 0.05) is 78.9 Å². The first-order chi connectivity index (χ1) is 27.5. The fourth-order valence-electron chi connectivity index (χ4n) is 9.35. The number of carbonyl (C=O) groups excluding carboxylic acids is 5. The van der Waals surface area contributed by atoms with Crippen molar-refractivity contribution in [2.75, 3.05) is 44.2 Å². The number of Topliss-reactive ketones (excluding diaryl/α,β-unsaturated/α-hetero) is 2. The maximum atomic E-state index is 15.5. The SMILES string of the molecule is CC1(C)C(NC(=O)c2c(F)cc(N3CCN(CCCOc4ccc5c(c4)C(=O)C(C4CCC(=O)NC4=O)C5=O)CC3)cc2F)C(C)(C)C1Oc1ccc(C#N)c(Cl)c1. The van der Waals surface area contributed by atoms with E-state index in [4.69, 9.17) is 21.1 Å². The van der Waals surface area contributed by atoms with Crippen LogP contribution in [-0.2, 0) is 9.59 Å². The molecule has 2 aliphatic heterocycles. The lowest BCUT2D eigenvalue weighted by atomic mass is 9.49. The number of nitriles is 1. The number of piperazine rings is 1. The second-order valence-corrected chi connectivity index (χ2v) is 17.0. The normalized spacial score (nSPS) is 23.7. The number of rotatable bonds is 11. The molecule has 3 aromatic carbocycles. The molecule has 2 unspecified atom stereocenters. The summed E-state index contributed by atoms with van der Waals surface area (Å²) in [5.41, 5.74) is -0.752. The molecule has 0 aromatic heterocycles. The summed E-state index contributed by atoms with van der Waals surface area (Å²) in [6.07, 6.45) is 0.497. The highest BCUT2D eigenvalue weighted by Crippen LogP contribution is 2.55. The van der Waals surface area contributed by atoms with E-state index in [1.807, 2.05) is 38.7 Å². The Labute approximate surface area is 339 Å². The molecule has 2 saturated heterocycles. The summed E-state index contributed by atoms with van der Waals surface area (Å²) >= 11 is 6.19. The molecule has 0 spiro atoms. The lowest BCUT2D eigenvalue weighted by Gasteiger charge is -2.63. The topological polar surface area (TPSA) is 158 Å². The molecular formula is C43H44ClF2N5O7. The molecule has 1 saturated carbocycles. The van der Waals surface area contributed by atoms with Crippen molar-refractivity contribution in [3.8, 4) is 17.6 Å². The minimum atomic E-state index is -1.14. The van der Waals surface area contributed by atoms with Gasteiger partial charge in [-0.05, 0) is 55.3 Å². The van der Waals surface area contributed by atoms with Crippen LogP contribution in [0.3, 0.4) is 0 Å². The first-order valence-corrected chi connectivity index (χ1v) is 19.7. The number of fused-ring (bicyclic) bond motifs is 1. The molecule has 3 aromatic rings. The van der Waals surface area contributed by atoms with Gasteiger partial charge in [0.25, 0.3) is 5.91 Å². The first kappa shape index (κ1) is 40.8. The Kier molecular flexibility index (Phi) is 11.1. The van der Waals surface area contributed by atoms with Gasteiger partial charge in [-0.25, -0.2) is 8.78 Å². The molecule has 58 heavy (non-hydrogen) atoms. The Bertz CT molecular complexity index is 2210. The number of ether oxygens (including phenoxy) is 2. The van der Waals surface area contributed by atoms with E-state index in [1.165, 1.54) is 18.2 Å². The van der Waals surface area contributed by atoms with Gasteiger partial charge in [-0.2, -0.15) is 5.26 Å². The minimum absolute atomic E-state index is 0.0792. The largest absolute Gasteiger partial charge is 0.494 e. The van der Waals surface area contributed by atoms with Crippen LogP contribution in [0.5, 0.6) is 11.5 Å². The number of ketones is 2. The number of benzene rings is 3. The van der Waals surface area contributed by atoms with E-state index in [0.29, 0.717) is 68.5 Å². The van der Waals surface area contributed by atoms with E-state index in [-0.39, 0.29) is 35.1 Å². The average Bonchev–Trinajstić information content (AvgIpc) is 3.42. The van der Waals surface area contributed by atoms with Crippen LogP contribution >= 0.6 is 11.6 Å². The zero-order valence-electron chi connectivity index (χ0n) is 32.6. The van der Waals surface area contributed by atoms with Crippen molar-refractivity contribution in [2.45, 2.75) is 59.1 Å². The van der Waals surface area contributed by atoms with Crippen molar-refractivity contribution >= 4 is 46.6 Å². The van der Waals surface area contributed by atoms with Gasteiger partial charge in [0.05, 0.1) is 29.0 Å². The third kappa shape index (κ3) is 7.53. The lowest BCUT2D eigenvalue weighted by molar-refractivity contribution is -0.164. The molecule has 15 heteroatoms. The predicted molar refractivity (Wildman–Crippen MR) is 209 cm³/mol. The van der Waals surface area contributed by atoms with Gasteiger partial charge in [0.2, 0.25) is 11.8 Å². The summed E-state index contributed by atoms with van der Waals surface area (Å²) in [4.78, 5) is 67.6. The predicted octanol–water partition coefficient (Wildman–Crippen LogP) is 5.74. The number of amides is 3. The van der Waals surface area contributed by atoms with Gasteiger partial charge in [-0.3, -0.25) is 34.2 Å². The maximum Gasteiger partial charge on any atom is 0.257 e. The molecule has 304 valence electrons. The second-order valence-electron chi connectivity index (χ2n) is 16.6. The average molecular weight is 816 g/mol. The fraction of sp³-hybridized carbons (Fsp3) is 0.442. The van der Waals surface area contributed by atoms with E-state index in [9.17, 15) is 29.2 Å². The number of nitrogens with one attached hydrogen (secondary N) is 2. The molecule has 0 radical (unpaired) electrons. The Morgan fingerprint density at radius 2 is 1.59 bits per heavy atom. The molecule has 0 bridgehead atoms. The van der Waals surface area contributed by atoms with E-state index in [1.54, 1.807) is 30.3 Å². The summed E-state index contributed by atoms with van der Waals surface area (Å²) < 4.78 is 43.2. The number of piperidine rings is 1. The van der Waals surface area contributed by atoms with Gasteiger partial charge < -0.3 is 19.7 Å². The van der Waals surface area contributed by atoms with Crippen LogP contribution in [0.1, 0.15) is 83.6 Å².